The van der Waals surface area contributed by atoms with Gasteiger partial charge in [0.15, 0.2) is 4.67 Å². The number of hydrogen-bond donors (Lipinski definition) is 1. The van der Waals surface area contributed by atoms with Crippen LogP contribution in [0.5, 0.6) is 0 Å². The Morgan fingerprint density at radius 1 is 1.32 bits per heavy atom. The monoisotopic (exact) mass is 322 g/mol. The zero-order valence-corrected chi connectivity index (χ0v) is 12.1. The molecule has 0 spiro atoms. The minimum absolute atomic E-state index is 0.376. The van der Waals surface area contributed by atoms with Crippen molar-refractivity contribution in [3.8, 4) is 0 Å². The Morgan fingerprint density at radius 2 is 2.00 bits per heavy atom. The van der Waals surface area contributed by atoms with Gasteiger partial charge >= 0.3 is 0 Å². The summed E-state index contributed by atoms with van der Waals surface area (Å²) < 4.78 is 6.12. The highest BCUT2D eigenvalue weighted by Gasteiger charge is 2.23. The summed E-state index contributed by atoms with van der Waals surface area (Å²) in [5, 5.41) is 0. The number of rotatable bonds is 5. The summed E-state index contributed by atoms with van der Waals surface area (Å²) in [5.74, 6) is 0.399. The van der Waals surface area contributed by atoms with Crippen molar-refractivity contribution >= 4 is 21.8 Å². The fourth-order valence-electron chi connectivity index (χ4n) is 2.05. The van der Waals surface area contributed by atoms with Gasteiger partial charge in [-0.05, 0) is 40.7 Å². The van der Waals surface area contributed by atoms with E-state index in [-0.39, 0.29) is 5.91 Å². The van der Waals surface area contributed by atoms with Crippen LogP contribution in [0.2, 0.25) is 0 Å². The fourth-order valence-corrected chi connectivity index (χ4v) is 2.39. The van der Waals surface area contributed by atoms with E-state index in [9.17, 15) is 4.79 Å². The first-order valence-corrected chi connectivity index (χ1v) is 6.66. The molecular weight excluding hydrogens is 308 g/mol. The van der Waals surface area contributed by atoms with Crippen LogP contribution in [0.15, 0.2) is 51.6 Å². The molecule has 1 heterocycles. The van der Waals surface area contributed by atoms with Crippen molar-refractivity contribution in [2.45, 2.75) is 12.6 Å². The molecular formula is C14H15BrN2O2. The third kappa shape index (κ3) is 3.45. The van der Waals surface area contributed by atoms with Crippen LogP contribution < -0.4 is 5.73 Å². The number of likely N-dealkylation sites (N-methyl/N-ethyl adjacent to an activating group) is 1. The van der Waals surface area contributed by atoms with Crippen LogP contribution in [0.3, 0.4) is 0 Å². The fraction of sp³-hybridized carbons (Fsp3) is 0.214. The van der Waals surface area contributed by atoms with Crippen molar-refractivity contribution in [1.29, 1.82) is 0 Å². The molecule has 0 radical (unpaired) electrons. The topological polar surface area (TPSA) is 59.5 Å². The van der Waals surface area contributed by atoms with Gasteiger partial charge in [-0.25, -0.2) is 0 Å². The number of furan rings is 1. The van der Waals surface area contributed by atoms with Crippen LogP contribution in [-0.2, 0) is 11.3 Å². The van der Waals surface area contributed by atoms with Gasteiger partial charge in [0, 0.05) is 0 Å². The van der Waals surface area contributed by atoms with Crippen molar-refractivity contribution in [2.24, 2.45) is 5.73 Å². The molecule has 0 bridgehead atoms. The van der Waals surface area contributed by atoms with Crippen LogP contribution in [-0.4, -0.2) is 17.9 Å². The van der Waals surface area contributed by atoms with E-state index in [1.807, 2.05) is 54.4 Å². The molecule has 1 atom stereocenters. The normalized spacial score (nSPS) is 12.6. The smallest absolute Gasteiger partial charge is 0.239 e. The van der Waals surface area contributed by atoms with Crippen LogP contribution >= 0.6 is 15.9 Å². The second kappa shape index (κ2) is 6.04. The SMILES string of the molecule is CN(Cc1ccc(Br)o1)[C@@H](C(N)=O)c1ccccc1. The van der Waals surface area contributed by atoms with E-state index in [1.54, 1.807) is 0 Å². The molecule has 0 aliphatic carbocycles. The van der Waals surface area contributed by atoms with Crippen molar-refractivity contribution in [3.05, 3.63) is 58.5 Å². The summed E-state index contributed by atoms with van der Waals surface area (Å²) in [5.41, 5.74) is 6.39. The summed E-state index contributed by atoms with van der Waals surface area (Å²) in [6.45, 7) is 0.508. The molecule has 2 rings (SSSR count). The third-order valence-corrected chi connectivity index (χ3v) is 3.29. The molecule has 4 nitrogen and oxygen atoms in total. The van der Waals surface area contributed by atoms with E-state index in [0.717, 1.165) is 11.3 Å². The van der Waals surface area contributed by atoms with Crippen LogP contribution in [0.4, 0.5) is 0 Å². The van der Waals surface area contributed by atoms with Crippen LogP contribution in [0.1, 0.15) is 17.4 Å². The van der Waals surface area contributed by atoms with E-state index in [2.05, 4.69) is 15.9 Å². The Morgan fingerprint density at radius 3 is 2.53 bits per heavy atom. The number of primary amides is 1. The lowest BCUT2D eigenvalue weighted by atomic mass is 10.1. The maximum Gasteiger partial charge on any atom is 0.239 e. The molecule has 2 N–H and O–H groups in total. The van der Waals surface area contributed by atoms with Gasteiger partial charge in [-0.3, -0.25) is 9.69 Å². The largest absolute Gasteiger partial charge is 0.453 e. The van der Waals surface area contributed by atoms with E-state index in [1.165, 1.54) is 0 Å². The molecule has 1 amide bonds. The summed E-state index contributed by atoms with van der Waals surface area (Å²) in [4.78, 5) is 13.5. The highest BCUT2D eigenvalue weighted by Crippen LogP contribution is 2.22. The number of benzene rings is 1. The zero-order valence-electron chi connectivity index (χ0n) is 10.5. The second-order valence-electron chi connectivity index (χ2n) is 4.34. The Bertz CT molecular complexity index is 554. The quantitative estimate of drug-likeness (QED) is 0.920. The van der Waals surface area contributed by atoms with E-state index < -0.39 is 6.04 Å². The van der Waals surface area contributed by atoms with Crippen molar-refractivity contribution in [1.82, 2.24) is 4.90 Å². The molecule has 1 aromatic carbocycles. The van der Waals surface area contributed by atoms with Gasteiger partial charge < -0.3 is 10.2 Å². The van der Waals surface area contributed by atoms with Gasteiger partial charge in [0.25, 0.3) is 0 Å². The van der Waals surface area contributed by atoms with Crippen molar-refractivity contribution in [2.75, 3.05) is 7.05 Å². The number of carbonyl (C=O) groups is 1. The molecule has 1 aromatic heterocycles. The summed E-state index contributed by atoms with van der Waals surface area (Å²) in [6, 6.07) is 12.7. The van der Waals surface area contributed by atoms with Gasteiger partial charge in [-0.15, -0.1) is 0 Å². The van der Waals surface area contributed by atoms with Gasteiger partial charge in [0.2, 0.25) is 5.91 Å². The maximum atomic E-state index is 11.7. The molecule has 2 aromatic rings. The average molecular weight is 323 g/mol. The van der Waals surface area contributed by atoms with Gasteiger partial charge in [0.05, 0.1) is 6.54 Å². The molecule has 0 aliphatic heterocycles. The van der Waals surface area contributed by atoms with Crippen LogP contribution in [0, 0.1) is 0 Å². The molecule has 100 valence electrons. The maximum absolute atomic E-state index is 11.7. The number of hydrogen-bond acceptors (Lipinski definition) is 3. The molecule has 19 heavy (non-hydrogen) atoms. The third-order valence-electron chi connectivity index (χ3n) is 2.86. The van der Waals surface area contributed by atoms with Crippen molar-refractivity contribution in [3.63, 3.8) is 0 Å². The first-order chi connectivity index (χ1) is 9.08. The predicted octanol–water partition coefficient (Wildman–Crippen LogP) is 2.70. The van der Waals surface area contributed by atoms with Crippen LogP contribution in [0.25, 0.3) is 0 Å². The van der Waals surface area contributed by atoms with Crippen molar-refractivity contribution < 1.29 is 9.21 Å². The number of halogens is 1. The van der Waals surface area contributed by atoms with E-state index in [0.29, 0.717) is 11.2 Å². The lowest BCUT2D eigenvalue weighted by molar-refractivity contribution is -0.123. The van der Waals surface area contributed by atoms with Gasteiger partial charge in [-0.1, -0.05) is 30.3 Å². The van der Waals surface area contributed by atoms with Gasteiger partial charge in [0.1, 0.15) is 11.8 Å². The number of nitrogens with two attached hydrogens (primary N) is 1. The summed E-state index contributed by atoms with van der Waals surface area (Å²) in [7, 11) is 1.85. The molecule has 0 unspecified atom stereocenters. The zero-order chi connectivity index (χ0) is 13.8. The first kappa shape index (κ1) is 13.8. The first-order valence-electron chi connectivity index (χ1n) is 5.86. The molecule has 0 saturated heterocycles. The highest BCUT2D eigenvalue weighted by molar-refractivity contribution is 9.10. The van der Waals surface area contributed by atoms with E-state index >= 15 is 0 Å². The lowest BCUT2D eigenvalue weighted by Gasteiger charge is -2.24. The number of amides is 1. The molecule has 0 saturated carbocycles. The Hall–Kier alpha value is -1.59. The minimum Gasteiger partial charge on any atom is -0.453 e. The number of carbonyl (C=O) groups excluding carboxylic acids is 1. The Labute approximate surface area is 120 Å². The summed E-state index contributed by atoms with van der Waals surface area (Å²) in [6.07, 6.45) is 0. The van der Waals surface area contributed by atoms with E-state index in [4.69, 9.17) is 10.2 Å². The predicted molar refractivity (Wildman–Crippen MR) is 76.3 cm³/mol. The van der Waals surface area contributed by atoms with Gasteiger partial charge in [-0.2, -0.15) is 0 Å². The summed E-state index contributed by atoms with van der Waals surface area (Å²) >= 11 is 3.26. The minimum atomic E-state index is -0.468. The second-order valence-corrected chi connectivity index (χ2v) is 5.12. The molecule has 5 heteroatoms. The molecule has 0 fully saturated rings. The Balaban J connectivity index is 2.18. The Kier molecular flexibility index (Phi) is 4.39. The standard InChI is InChI=1S/C14H15BrN2O2/c1-17(9-11-7-8-12(15)19-11)13(14(16)18)10-5-3-2-4-6-10/h2-8,13H,9H2,1H3,(H2,16,18)/t13-/m1/s1. The molecule has 0 aliphatic rings. The average Bonchev–Trinajstić information content (AvgIpc) is 2.75. The number of nitrogens with zero attached hydrogens (tertiary/aromatic N) is 1. The lowest BCUT2D eigenvalue weighted by Crippen LogP contribution is -2.34. The highest BCUT2D eigenvalue weighted by atomic mass is 79.9.